The Hall–Kier alpha value is -0.940. The number of rotatable bonds is 1. The van der Waals surface area contributed by atoms with Gasteiger partial charge >= 0.3 is 5.97 Å². The Kier molecular flexibility index (Phi) is 3.47. The van der Waals surface area contributed by atoms with Crippen molar-refractivity contribution in [2.45, 2.75) is 32.8 Å². The molecule has 2 aliphatic rings. The molecule has 0 unspecified atom stereocenters. The van der Waals surface area contributed by atoms with Crippen LogP contribution in [-0.2, 0) is 19.1 Å². The Balaban J connectivity index is 2.36. The second kappa shape index (κ2) is 4.63. The van der Waals surface area contributed by atoms with Gasteiger partial charge < -0.3 is 9.47 Å². The number of carbonyl (C=O) groups excluding carboxylic acids is 2. The summed E-state index contributed by atoms with van der Waals surface area (Å²) in [5, 5.41) is 0. The van der Waals surface area contributed by atoms with Crippen molar-refractivity contribution in [1.82, 2.24) is 0 Å². The number of ketones is 1. The summed E-state index contributed by atoms with van der Waals surface area (Å²) in [6.07, 6.45) is 2.18. The van der Waals surface area contributed by atoms with Gasteiger partial charge in [0, 0.05) is 24.8 Å². The predicted molar refractivity (Wildman–Crippen MR) is 68.9 cm³/mol. The fourth-order valence-electron chi connectivity index (χ4n) is 2.49. The second-order valence-corrected chi connectivity index (χ2v) is 5.67. The average Bonchev–Trinajstić information content (AvgIpc) is 2.55. The molecule has 0 radical (unpaired) electrons. The molecule has 0 aromatic carbocycles. The van der Waals surface area contributed by atoms with Gasteiger partial charge in [-0.3, -0.25) is 9.59 Å². The summed E-state index contributed by atoms with van der Waals surface area (Å²) in [6.45, 7) is 5.44. The topological polar surface area (TPSA) is 52.6 Å². The quantitative estimate of drug-likeness (QED) is 0.551. The minimum absolute atomic E-state index is 0.0503. The zero-order valence-electron chi connectivity index (χ0n) is 10.6. The molecule has 0 spiro atoms. The van der Waals surface area contributed by atoms with Gasteiger partial charge in [-0.1, -0.05) is 0 Å². The molecule has 1 aliphatic carbocycles. The van der Waals surface area contributed by atoms with Crippen molar-refractivity contribution in [1.29, 1.82) is 0 Å². The van der Waals surface area contributed by atoms with Crippen LogP contribution in [-0.4, -0.2) is 24.0 Å². The number of fused-ring (bicyclic) bond motifs is 1. The summed E-state index contributed by atoms with van der Waals surface area (Å²) >= 11 is 3.25. The smallest absolute Gasteiger partial charge is 0.307 e. The maximum atomic E-state index is 11.8. The van der Waals surface area contributed by atoms with Crippen LogP contribution in [0.2, 0.25) is 0 Å². The molecule has 98 valence electrons. The van der Waals surface area contributed by atoms with E-state index in [9.17, 15) is 9.59 Å². The maximum absolute atomic E-state index is 11.8. The fraction of sp³-hybridized carbons (Fsp3) is 0.538. The molecule has 1 heterocycles. The van der Waals surface area contributed by atoms with Crippen LogP contribution in [0.25, 0.3) is 0 Å². The third kappa shape index (κ3) is 2.29. The molecule has 18 heavy (non-hydrogen) atoms. The third-order valence-corrected chi connectivity index (χ3v) is 4.14. The standard InChI is InChI=1S/C13H15BrO4/c1-7(18-8(2)15)9-6-17-13(3)5-11(14)12(16)4-10(9)13/h5,10H,4,6H2,1-3H3/b9-7+/t10-,13-/m1/s1. The number of hydrogen-bond acceptors (Lipinski definition) is 4. The van der Waals surface area contributed by atoms with Crippen LogP contribution in [0, 0.1) is 5.92 Å². The van der Waals surface area contributed by atoms with Crippen LogP contribution >= 0.6 is 15.9 Å². The lowest BCUT2D eigenvalue weighted by molar-refractivity contribution is -0.136. The number of halogens is 1. The van der Waals surface area contributed by atoms with Crippen molar-refractivity contribution >= 4 is 27.7 Å². The van der Waals surface area contributed by atoms with Crippen LogP contribution in [0.15, 0.2) is 21.9 Å². The molecule has 0 aromatic rings. The Bertz CT molecular complexity index is 477. The van der Waals surface area contributed by atoms with Crippen molar-refractivity contribution in [3.63, 3.8) is 0 Å². The summed E-state index contributed by atoms with van der Waals surface area (Å²) in [5.41, 5.74) is 0.404. The number of ether oxygens (including phenoxy) is 2. The number of hydrogen-bond donors (Lipinski definition) is 0. The Morgan fingerprint density at radius 2 is 2.22 bits per heavy atom. The number of Topliss-reactive ketones (excluding diaryl/α,β-unsaturated/α-hetero) is 1. The SMILES string of the molecule is CC(=O)O/C(C)=C1\CO[C@]2(C)C=C(Br)C(=O)C[C@H]12. The van der Waals surface area contributed by atoms with Gasteiger partial charge in [0.25, 0.3) is 0 Å². The summed E-state index contributed by atoms with van der Waals surface area (Å²) < 4.78 is 11.4. The van der Waals surface area contributed by atoms with Gasteiger partial charge in [-0.05, 0) is 35.9 Å². The van der Waals surface area contributed by atoms with E-state index < -0.39 is 5.60 Å². The highest BCUT2D eigenvalue weighted by atomic mass is 79.9. The summed E-state index contributed by atoms with van der Waals surface area (Å²) in [4.78, 5) is 22.8. The first-order valence-corrected chi connectivity index (χ1v) is 6.56. The van der Waals surface area contributed by atoms with E-state index in [1.165, 1.54) is 6.92 Å². The van der Waals surface area contributed by atoms with E-state index in [1.807, 2.05) is 6.92 Å². The Morgan fingerprint density at radius 1 is 1.56 bits per heavy atom. The van der Waals surface area contributed by atoms with Crippen molar-refractivity contribution in [2.24, 2.45) is 5.92 Å². The highest BCUT2D eigenvalue weighted by Crippen LogP contribution is 2.45. The van der Waals surface area contributed by atoms with Crippen LogP contribution in [0.4, 0.5) is 0 Å². The first kappa shape index (κ1) is 13.5. The molecule has 0 N–H and O–H groups in total. The van der Waals surface area contributed by atoms with Crippen molar-refractivity contribution in [3.05, 3.63) is 21.9 Å². The molecule has 0 amide bonds. The molecular weight excluding hydrogens is 300 g/mol. The summed E-state index contributed by atoms with van der Waals surface area (Å²) in [7, 11) is 0. The Morgan fingerprint density at radius 3 is 2.83 bits per heavy atom. The van der Waals surface area contributed by atoms with E-state index >= 15 is 0 Å². The van der Waals surface area contributed by atoms with E-state index in [0.717, 1.165) is 5.57 Å². The van der Waals surface area contributed by atoms with Crippen LogP contribution < -0.4 is 0 Å². The molecule has 1 saturated heterocycles. The Labute approximate surface area is 114 Å². The number of allylic oxidation sites excluding steroid dienone is 2. The highest BCUT2D eigenvalue weighted by molar-refractivity contribution is 9.12. The largest absolute Gasteiger partial charge is 0.432 e. The monoisotopic (exact) mass is 314 g/mol. The molecule has 2 atom stereocenters. The van der Waals surface area contributed by atoms with Gasteiger partial charge in [0.05, 0.1) is 16.7 Å². The first-order chi connectivity index (χ1) is 8.33. The van der Waals surface area contributed by atoms with E-state index in [4.69, 9.17) is 9.47 Å². The molecule has 1 aliphatic heterocycles. The molecule has 5 heteroatoms. The minimum Gasteiger partial charge on any atom is -0.432 e. The van der Waals surface area contributed by atoms with Gasteiger partial charge in [-0.2, -0.15) is 0 Å². The lowest BCUT2D eigenvalue weighted by Crippen LogP contribution is -2.35. The molecule has 2 rings (SSSR count). The minimum atomic E-state index is -0.497. The number of carbonyl (C=O) groups is 2. The van der Waals surface area contributed by atoms with Crippen molar-refractivity contribution < 1.29 is 19.1 Å². The molecule has 1 fully saturated rings. The van der Waals surface area contributed by atoms with E-state index in [-0.39, 0.29) is 17.7 Å². The third-order valence-electron chi connectivity index (χ3n) is 3.47. The van der Waals surface area contributed by atoms with Crippen LogP contribution in [0.5, 0.6) is 0 Å². The van der Waals surface area contributed by atoms with Gasteiger partial charge in [0.15, 0.2) is 5.78 Å². The normalized spacial score (nSPS) is 33.9. The molecular formula is C13H15BrO4. The van der Waals surface area contributed by atoms with Crippen molar-refractivity contribution in [3.8, 4) is 0 Å². The molecule has 0 saturated carbocycles. The highest BCUT2D eigenvalue weighted by Gasteiger charge is 2.47. The molecule has 0 aromatic heterocycles. The molecule has 4 nitrogen and oxygen atoms in total. The van der Waals surface area contributed by atoms with Gasteiger partial charge in [0.1, 0.15) is 5.76 Å². The van der Waals surface area contributed by atoms with Crippen molar-refractivity contribution in [2.75, 3.05) is 6.61 Å². The lowest BCUT2D eigenvalue weighted by Gasteiger charge is -2.31. The fourth-order valence-corrected chi connectivity index (χ4v) is 3.11. The summed E-state index contributed by atoms with van der Waals surface area (Å²) in [6, 6.07) is 0. The van der Waals surface area contributed by atoms with E-state index in [1.54, 1.807) is 13.0 Å². The van der Waals surface area contributed by atoms with Crippen LogP contribution in [0.3, 0.4) is 0 Å². The van der Waals surface area contributed by atoms with Gasteiger partial charge in [0.2, 0.25) is 0 Å². The lowest BCUT2D eigenvalue weighted by atomic mass is 9.78. The van der Waals surface area contributed by atoms with E-state index in [2.05, 4.69) is 15.9 Å². The summed E-state index contributed by atoms with van der Waals surface area (Å²) in [5.74, 6) is 0.199. The second-order valence-electron chi connectivity index (χ2n) is 4.82. The molecule has 0 bridgehead atoms. The number of esters is 1. The zero-order valence-corrected chi connectivity index (χ0v) is 12.2. The van der Waals surface area contributed by atoms with Crippen LogP contribution in [0.1, 0.15) is 27.2 Å². The average molecular weight is 315 g/mol. The van der Waals surface area contributed by atoms with E-state index in [0.29, 0.717) is 23.3 Å². The first-order valence-electron chi connectivity index (χ1n) is 5.77. The maximum Gasteiger partial charge on any atom is 0.307 e. The van der Waals surface area contributed by atoms with Gasteiger partial charge in [-0.25, -0.2) is 0 Å². The predicted octanol–water partition coefficient (Wildman–Crippen LogP) is 2.48. The zero-order chi connectivity index (χ0) is 13.5. The van der Waals surface area contributed by atoms with Gasteiger partial charge in [-0.15, -0.1) is 0 Å².